The zero-order chi connectivity index (χ0) is 23.2. The highest BCUT2D eigenvalue weighted by molar-refractivity contribution is 6.20. The van der Waals surface area contributed by atoms with E-state index < -0.39 is 6.17 Å². The molecule has 0 unspecified atom stereocenters. The topological polar surface area (TPSA) is 61.8 Å². The van der Waals surface area contributed by atoms with Gasteiger partial charge in [-0.25, -0.2) is 4.99 Å². The van der Waals surface area contributed by atoms with E-state index in [1.54, 1.807) is 4.90 Å². The third-order valence-corrected chi connectivity index (χ3v) is 6.69. The van der Waals surface area contributed by atoms with Gasteiger partial charge in [-0.2, -0.15) is 0 Å². The smallest absolute Gasteiger partial charge is 0.272 e. The van der Waals surface area contributed by atoms with Crippen molar-refractivity contribution in [2.24, 2.45) is 16.8 Å². The van der Waals surface area contributed by atoms with Crippen LogP contribution in [-0.2, 0) is 9.59 Å². The molecule has 2 aliphatic rings. The van der Waals surface area contributed by atoms with Crippen molar-refractivity contribution in [3.8, 4) is 0 Å². The fourth-order valence-corrected chi connectivity index (χ4v) is 4.68. The Bertz CT molecular complexity index is 997. The summed E-state index contributed by atoms with van der Waals surface area (Å²) in [5.41, 5.74) is 3.42. The number of hydrogen-bond donors (Lipinski definition) is 1. The number of carbonyl (C=O) groups excluding carboxylic acids is 2. The lowest BCUT2D eigenvalue weighted by Crippen LogP contribution is -2.49. The van der Waals surface area contributed by atoms with Crippen molar-refractivity contribution in [2.45, 2.75) is 65.0 Å². The normalized spacial score (nSPS) is 18.8. The van der Waals surface area contributed by atoms with Crippen molar-refractivity contribution in [3.63, 3.8) is 0 Å². The van der Waals surface area contributed by atoms with Crippen LogP contribution in [0.15, 0.2) is 59.6 Å². The summed E-state index contributed by atoms with van der Waals surface area (Å²) in [4.78, 5) is 33.6. The van der Waals surface area contributed by atoms with Gasteiger partial charge in [-0.05, 0) is 31.7 Å². The van der Waals surface area contributed by atoms with Gasteiger partial charge < -0.3 is 10.2 Å². The minimum atomic E-state index is -0.923. The lowest BCUT2D eigenvalue weighted by atomic mass is 9.94. The third-order valence-electron chi connectivity index (χ3n) is 6.69. The molecule has 4 rings (SSSR count). The second-order valence-corrected chi connectivity index (χ2v) is 9.23. The molecule has 1 saturated carbocycles. The van der Waals surface area contributed by atoms with Gasteiger partial charge >= 0.3 is 0 Å². The number of nitrogens with one attached hydrogen (secondary N) is 1. The van der Waals surface area contributed by atoms with Crippen LogP contribution < -0.4 is 10.2 Å². The van der Waals surface area contributed by atoms with Gasteiger partial charge in [0.2, 0.25) is 12.1 Å². The Morgan fingerprint density at radius 1 is 1.06 bits per heavy atom. The minimum Gasteiger partial charge on any atom is -0.326 e. The van der Waals surface area contributed by atoms with Crippen LogP contribution >= 0.6 is 0 Å². The largest absolute Gasteiger partial charge is 0.326 e. The zero-order valence-corrected chi connectivity index (χ0v) is 19.8. The van der Waals surface area contributed by atoms with Gasteiger partial charge in [0.05, 0.1) is 11.4 Å². The Morgan fingerprint density at radius 3 is 2.48 bits per heavy atom. The first kappa shape index (κ1) is 23.2. The van der Waals surface area contributed by atoms with E-state index in [9.17, 15) is 9.59 Å². The van der Waals surface area contributed by atoms with Gasteiger partial charge in [0.25, 0.3) is 5.91 Å². The number of rotatable bonds is 10. The van der Waals surface area contributed by atoms with E-state index >= 15 is 0 Å². The number of carbonyl (C=O) groups is 2. The highest BCUT2D eigenvalue weighted by atomic mass is 16.2. The van der Waals surface area contributed by atoms with Crippen LogP contribution in [0.2, 0.25) is 0 Å². The molecule has 33 heavy (non-hydrogen) atoms. The number of para-hydroxylation sites is 1. The van der Waals surface area contributed by atoms with E-state index in [0.29, 0.717) is 12.5 Å². The van der Waals surface area contributed by atoms with Crippen molar-refractivity contribution in [2.75, 3.05) is 11.4 Å². The molecule has 2 aromatic rings. The average Bonchev–Trinajstić information content (AvgIpc) is 3.67. The zero-order valence-electron chi connectivity index (χ0n) is 19.8. The van der Waals surface area contributed by atoms with Gasteiger partial charge in [0, 0.05) is 23.6 Å². The summed E-state index contributed by atoms with van der Waals surface area (Å²) < 4.78 is 0. The minimum absolute atomic E-state index is 0.0328. The van der Waals surface area contributed by atoms with Crippen LogP contribution in [0, 0.1) is 11.8 Å². The molecule has 2 atom stereocenters. The molecule has 0 saturated heterocycles. The standard InChI is InChI=1S/C28H35N3O2/c1-3-5-7-14-22(19-20-17-18-20)27(32)30-26-28(33)31(4-2)24-16-11-10-15-23(24)25(29-26)21-12-8-6-9-13-21/h6,8-13,15-16,20,22,26H,3-5,7,14,17-19H2,1-2H3,(H,30,32)/t22-,26+/m0/s1. The van der Waals surface area contributed by atoms with Crippen molar-refractivity contribution in [3.05, 3.63) is 65.7 Å². The summed E-state index contributed by atoms with van der Waals surface area (Å²) >= 11 is 0. The number of benzene rings is 2. The molecule has 1 aliphatic carbocycles. The first-order valence-corrected chi connectivity index (χ1v) is 12.5. The van der Waals surface area contributed by atoms with Crippen LogP contribution in [0.4, 0.5) is 5.69 Å². The summed E-state index contributed by atoms with van der Waals surface area (Å²) in [7, 11) is 0. The molecule has 1 N–H and O–H groups in total. The first-order valence-electron chi connectivity index (χ1n) is 12.5. The molecule has 2 amide bonds. The lowest BCUT2D eigenvalue weighted by molar-refractivity contribution is -0.130. The molecule has 174 valence electrons. The first-order chi connectivity index (χ1) is 16.1. The number of fused-ring (bicyclic) bond motifs is 1. The predicted molar refractivity (Wildman–Crippen MR) is 133 cm³/mol. The van der Waals surface area contributed by atoms with Crippen LogP contribution in [0.1, 0.15) is 69.9 Å². The Kier molecular flexibility index (Phi) is 7.58. The van der Waals surface area contributed by atoms with E-state index in [-0.39, 0.29) is 17.7 Å². The molecule has 5 nitrogen and oxygen atoms in total. The second kappa shape index (κ2) is 10.8. The predicted octanol–water partition coefficient (Wildman–Crippen LogP) is 5.33. The van der Waals surface area contributed by atoms with Crippen LogP contribution in [-0.4, -0.2) is 30.2 Å². The van der Waals surface area contributed by atoms with Crippen molar-refractivity contribution < 1.29 is 9.59 Å². The average molecular weight is 446 g/mol. The maximum atomic E-state index is 13.6. The molecular weight excluding hydrogens is 410 g/mol. The Hall–Kier alpha value is -2.95. The van der Waals surface area contributed by atoms with Crippen molar-refractivity contribution in [1.29, 1.82) is 0 Å². The van der Waals surface area contributed by atoms with Crippen molar-refractivity contribution >= 4 is 23.2 Å². The number of nitrogens with zero attached hydrogens (tertiary/aromatic N) is 2. The summed E-state index contributed by atoms with van der Waals surface area (Å²) in [6.07, 6.45) is 6.62. The SMILES string of the molecule is CCCCC[C@@H](CC1CC1)C(=O)N[C@H]1N=C(c2ccccc2)c2ccccc2N(CC)C1=O. The molecule has 5 heteroatoms. The van der Waals surface area contributed by atoms with E-state index in [2.05, 4.69) is 12.2 Å². The molecule has 0 spiro atoms. The van der Waals surface area contributed by atoms with Gasteiger partial charge in [-0.3, -0.25) is 9.59 Å². The maximum absolute atomic E-state index is 13.6. The molecule has 0 bridgehead atoms. The number of unbranched alkanes of at least 4 members (excludes halogenated alkanes) is 2. The van der Waals surface area contributed by atoms with Crippen molar-refractivity contribution in [1.82, 2.24) is 5.32 Å². The summed E-state index contributed by atoms with van der Waals surface area (Å²) in [6.45, 7) is 4.65. The lowest BCUT2D eigenvalue weighted by Gasteiger charge is -2.25. The van der Waals surface area contributed by atoms with Gasteiger partial charge in [0.15, 0.2) is 0 Å². The number of benzodiazepines with no additional fused rings is 1. The molecular formula is C28H35N3O2. The van der Waals surface area contributed by atoms with Gasteiger partial charge in [0.1, 0.15) is 0 Å². The molecule has 1 fully saturated rings. The van der Waals surface area contributed by atoms with Crippen LogP contribution in [0.25, 0.3) is 0 Å². The van der Waals surface area contributed by atoms with Crippen LogP contribution in [0.5, 0.6) is 0 Å². The Labute approximate surface area is 197 Å². The number of amides is 2. The second-order valence-electron chi connectivity index (χ2n) is 9.23. The van der Waals surface area contributed by atoms with Gasteiger partial charge in [-0.15, -0.1) is 0 Å². The number of aliphatic imine (C=N–C) groups is 1. The monoisotopic (exact) mass is 445 g/mol. The summed E-state index contributed by atoms with van der Waals surface area (Å²) in [5.74, 6) is 0.400. The fourth-order valence-electron chi connectivity index (χ4n) is 4.68. The van der Waals surface area contributed by atoms with E-state index in [1.807, 2.05) is 61.5 Å². The highest BCUT2D eigenvalue weighted by Crippen LogP contribution is 2.37. The molecule has 1 aliphatic heterocycles. The number of hydrogen-bond acceptors (Lipinski definition) is 3. The molecule has 1 heterocycles. The number of anilines is 1. The Morgan fingerprint density at radius 2 is 1.79 bits per heavy atom. The third kappa shape index (κ3) is 5.52. The van der Waals surface area contributed by atoms with Crippen LogP contribution in [0.3, 0.4) is 0 Å². The Balaban J connectivity index is 1.66. The maximum Gasteiger partial charge on any atom is 0.272 e. The van der Waals surface area contributed by atoms with Gasteiger partial charge in [-0.1, -0.05) is 87.6 Å². The molecule has 2 aromatic carbocycles. The molecule has 0 radical (unpaired) electrons. The fraction of sp³-hybridized carbons (Fsp3) is 0.464. The summed E-state index contributed by atoms with van der Waals surface area (Å²) in [5, 5.41) is 3.05. The van der Waals surface area contributed by atoms with E-state index in [4.69, 9.17) is 4.99 Å². The summed E-state index contributed by atoms with van der Waals surface area (Å²) in [6, 6.07) is 17.8. The highest BCUT2D eigenvalue weighted by Gasteiger charge is 2.35. The quantitative estimate of drug-likeness (QED) is 0.503. The van der Waals surface area contributed by atoms with E-state index in [1.165, 1.54) is 12.8 Å². The van der Waals surface area contributed by atoms with E-state index in [0.717, 1.165) is 54.6 Å². The molecule has 0 aromatic heterocycles. The number of likely N-dealkylation sites (N-methyl/N-ethyl adjacent to an activating group) is 1.